The lowest BCUT2D eigenvalue weighted by Gasteiger charge is -2.10. The summed E-state index contributed by atoms with van der Waals surface area (Å²) in [5.74, 6) is -0.520. The molecule has 0 aromatic carbocycles. The number of rotatable bonds is 1. The maximum atomic E-state index is 11.7. The number of alkyl halides is 3. The molecule has 1 aromatic rings. The number of nitrogens with zero attached hydrogens (tertiary/aromatic N) is 1. The van der Waals surface area contributed by atoms with Crippen LogP contribution in [0.2, 0.25) is 0 Å². The zero-order chi connectivity index (χ0) is 10.1. The van der Waals surface area contributed by atoms with Gasteiger partial charge in [-0.1, -0.05) is 0 Å². The lowest BCUT2D eigenvalue weighted by atomic mass is 10.4. The third kappa shape index (κ3) is 2.69. The van der Waals surface area contributed by atoms with Crippen LogP contribution >= 0.6 is 0 Å². The topological polar surface area (TPSA) is 74.2 Å². The first kappa shape index (κ1) is 9.43. The van der Waals surface area contributed by atoms with E-state index >= 15 is 0 Å². The van der Waals surface area contributed by atoms with E-state index in [9.17, 15) is 13.2 Å². The Morgan fingerprint density at radius 3 is 2.38 bits per heavy atom. The minimum atomic E-state index is -4.77. The summed E-state index contributed by atoms with van der Waals surface area (Å²) in [7, 11) is 0. The lowest BCUT2D eigenvalue weighted by molar-refractivity contribution is -0.274. The Balaban J connectivity index is 2.90. The molecule has 1 aromatic heterocycles. The molecule has 13 heavy (non-hydrogen) atoms. The van der Waals surface area contributed by atoms with Crippen LogP contribution in [0.25, 0.3) is 0 Å². The fraction of sp³-hybridized carbons (Fsp3) is 0.167. The molecular formula is C6H6F3N3O. The molecule has 0 unspecified atom stereocenters. The summed E-state index contributed by atoms with van der Waals surface area (Å²) in [5, 5.41) is 0. The molecule has 0 fully saturated rings. The number of aromatic nitrogens is 1. The Hall–Kier alpha value is -1.66. The standard InChI is InChI=1S/C6H6F3N3O/c7-6(8,9)13-4-2-12-5(11)1-3(4)10/h1-2H,(H4,10,11,12). The highest BCUT2D eigenvalue weighted by Crippen LogP contribution is 2.27. The van der Waals surface area contributed by atoms with Gasteiger partial charge in [-0.2, -0.15) is 0 Å². The second-order valence-electron chi connectivity index (χ2n) is 2.19. The Labute approximate surface area is 71.3 Å². The van der Waals surface area contributed by atoms with Crippen molar-refractivity contribution in [2.24, 2.45) is 0 Å². The predicted octanol–water partition coefficient (Wildman–Crippen LogP) is 1.14. The molecule has 0 aliphatic carbocycles. The van der Waals surface area contributed by atoms with E-state index in [0.717, 1.165) is 12.3 Å². The van der Waals surface area contributed by atoms with Gasteiger partial charge in [-0.05, 0) is 0 Å². The number of nitrogens with two attached hydrogens (primary N) is 2. The molecule has 4 N–H and O–H groups in total. The number of anilines is 2. The van der Waals surface area contributed by atoms with Crippen molar-refractivity contribution in [1.29, 1.82) is 0 Å². The number of ether oxygens (including phenoxy) is 1. The molecule has 1 rings (SSSR count). The average molecular weight is 193 g/mol. The van der Waals surface area contributed by atoms with Crippen LogP contribution in [-0.2, 0) is 0 Å². The molecule has 0 atom stereocenters. The van der Waals surface area contributed by atoms with Crippen molar-refractivity contribution in [3.05, 3.63) is 12.3 Å². The zero-order valence-electron chi connectivity index (χ0n) is 6.30. The summed E-state index contributed by atoms with van der Waals surface area (Å²) >= 11 is 0. The normalized spacial score (nSPS) is 11.3. The number of pyridine rings is 1. The predicted molar refractivity (Wildman–Crippen MR) is 39.7 cm³/mol. The number of hydrogen-bond acceptors (Lipinski definition) is 4. The first-order valence-corrected chi connectivity index (χ1v) is 3.15. The summed E-state index contributed by atoms with van der Waals surface area (Å²) in [6, 6.07) is 1.08. The quantitative estimate of drug-likeness (QED) is 0.701. The monoisotopic (exact) mass is 193 g/mol. The van der Waals surface area contributed by atoms with Crippen LogP contribution in [0.4, 0.5) is 24.7 Å². The van der Waals surface area contributed by atoms with E-state index in [1.54, 1.807) is 0 Å². The Morgan fingerprint density at radius 2 is 1.92 bits per heavy atom. The van der Waals surface area contributed by atoms with Crippen molar-refractivity contribution in [2.45, 2.75) is 6.36 Å². The second kappa shape index (κ2) is 3.00. The summed E-state index contributed by atoms with van der Waals surface area (Å²) in [5.41, 5.74) is 10.1. The molecule has 0 amide bonds. The van der Waals surface area contributed by atoms with E-state index < -0.39 is 12.1 Å². The number of hydrogen-bond donors (Lipinski definition) is 2. The highest BCUT2D eigenvalue weighted by Gasteiger charge is 2.32. The molecule has 0 aliphatic heterocycles. The molecule has 7 heteroatoms. The van der Waals surface area contributed by atoms with Crippen molar-refractivity contribution in [1.82, 2.24) is 4.98 Å². The largest absolute Gasteiger partial charge is 0.573 e. The maximum absolute atomic E-state index is 11.7. The molecule has 0 spiro atoms. The van der Waals surface area contributed by atoms with E-state index in [2.05, 4.69) is 9.72 Å². The summed E-state index contributed by atoms with van der Waals surface area (Å²) in [6.45, 7) is 0. The van der Waals surface area contributed by atoms with Crippen LogP contribution in [0, 0.1) is 0 Å². The van der Waals surface area contributed by atoms with Gasteiger partial charge in [0, 0.05) is 6.07 Å². The van der Waals surface area contributed by atoms with E-state index in [4.69, 9.17) is 11.5 Å². The van der Waals surface area contributed by atoms with Gasteiger partial charge in [0.25, 0.3) is 0 Å². The molecule has 0 bridgehead atoms. The van der Waals surface area contributed by atoms with Crippen LogP contribution < -0.4 is 16.2 Å². The number of halogens is 3. The Kier molecular flexibility index (Phi) is 2.18. The van der Waals surface area contributed by atoms with Crippen LogP contribution in [-0.4, -0.2) is 11.3 Å². The molecule has 0 saturated carbocycles. The summed E-state index contributed by atoms with van der Waals surface area (Å²) < 4.78 is 38.6. The SMILES string of the molecule is Nc1cc(N)c(OC(F)(F)F)cn1. The van der Waals surface area contributed by atoms with E-state index in [1.165, 1.54) is 0 Å². The first-order chi connectivity index (χ1) is 5.88. The van der Waals surface area contributed by atoms with Crippen LogP contribution in [0.5, 0.6) is 5.75 Å². The zero-order valence-corrected chi connectivity index (χ0v) is 6.30. The Morgan fingerprint density at radius 1 is 1.31 bits per heavy atom. The maximum Gasteiger partial charge on any atom is 0.573 e. The molecule has 4 nitrogen and oxygen atoms in total. The second-order valence-corrected chi connectivity index (χ2v) is 2.19. The fourth-order valence-corrected chi connectivity index (χ4v) is 0.685. The van der Waals surface area contributed by atoms with Gasteiger partial charge in [0.2, 0.25) is 0 Å². The van der Waals surface area contributed by atoms with Crippen molar-refractivity contribution in [3.8, 4) is 5.75 Å². The minimum absolute atomic E-state index is 0.0343. The van der Waals surface area contributed by atoms with E-state index in [0.29, 0.717) is 0 Å². The van der Waals surface area contributed by atoms with Crippen molar-refractivity contribution in [3.63, 3.8) is 0 Å². The molecule has 0 saturated heterocycles. The van der Waals surface area contributed by atoms with Crippen molar-refractivity contribution in [2.75, 3.05) is 11.5 Å². The van der Waals surface area contributed by atoms with Gasteiger partial charge in [-0.15, -0.1) is 13.2 Å². The van der Waals surface area contributed by atoms with Crippen molar-refractivity contribution < 1.29 is 17.9 Å². The van der Waals surface area contributed by atoms with Gasteiger partial charge in [-0.3, -0.25) is 0 Å². The summed E-state index contributed by atoms with van der Waals surface area (Å²) in [6.07, 6.45) is -3.95. The average Bonchev–Trinajstić information content (AvgIpc) is 1.93. The molecule has 0 aliphatic rings. The molecular weight excluding hydrogens is 187 g/mol. The molecule has 0 radical (unpaired) electrons. The van der Waals surface area contributed by atoms with E-state index in [-0.39, 0.29) is 11.5 Å². The molecule has 72 valence electrons. The third-order valence-corrected chi connectivity index (χ3v) is 1.14. The van der Waals surface area contributed by atoms with Gasteiger partial charge in [0.15, 0.2) is 5.75 Å². The van der Waals surface area contributed by atoms with Gasteiger partial charge in [0.1, 0.15) is 5.82 Å². The van der Waals surface area contributed by atoms with Crippen LogP contribution in [0.3, 0.4) is 0 Å². The van der Waals surface area contributed by atoms with Crippen molar-refractivity contribution >= 4 is 11.5 Å². The highest BCUT2D eigenvalue weighted by atomic mass is 19.4. The van der Waals surface area contributed by atoms with Gasteiger partial charge >= 0.3 is 6.36 Å². The molecule has 1 heterocycles. The van der Waals surface area contributed by atoms with Gasteiger partial charge in [-0.25, -0.2) is 4.98 Å². The van der Waals surface area contributed by atoms with Gasteiger partial charge in [0.05, 0.1) is 11.9 Å². The van der Waals surface area contributed by atoms with E-state index in [1.807, 2.05) is 0 Å². The minimum Gasteiger partial charge on any atom is -0.402 e. The van der Waals surface area contributed by atoms with Crippen LogP contribution in [0.1, 0.15) is 0 Å². The Bertz CT molecular complexity index is 312. The first-order valence-electron chi connectivity index (χ1n) is 3.15. The lowest BCUT2D eigenvalue weighted by Crippen LogP contribution is -2.18. The number of nitrogen functional groups attached to an aromatic ring is 2. The van der Waals surface area contributed by atoms with Crippen LogP contribution in [0.15, 0.2) is 12.3 Å². The van der Waals surface area contributed by atoms with Gasteiger partial charge < -0.3 is 16.2 Å². The third-order valence-electron chi connectivity index (χ3n) is 1.14. The highest BCUT2D eigenvalue weighted by molar-refractivity contribution is 5.56. The smallest absolute Gasteiger partial charge is 0.402 e. The fourth-order valence-electron chi connectivity index (χ4n) is 0.685. The summed E-state index contributed by atoms with van der Waals surface area (Å²) in [4.78, 5) is 3.40.